The molecule has 2 aromatic heterocycles. The summed E-state index contributed by atoms with van der Waals surface area (Å²) < 4.78 is 15.3. The number of hydrogen-bond donors (Lipinski definition) is 0. The van der Waals surface area contributed by atoms with Crippen molar-refractivity contribution in [3.63, 3.8) is 0 Å². The van der Waals surface area contributed by atoms with Crippen molar-refractivity contribution in [1.29, 1.82) is 0 Å². The Labute approximate surface area is 146 Å². The standard InChI is InChI=1S/C16H14FN5O2S/c1-9(23)14(10(2)24)25-16-13-15(18-8-19-16)22(21-20-13)7-11-5-3-4-6-12(11)17/h3-6,8,14H,7H2,1-2H3. The first-order chi connectivity index (χ1) is 12.0. The van der Waals surface area contributed by atoms with Gasteiger partial charge in [-0.15, -0.1) is 5.10 Å². The Kier molecular flexibility index (Phi) is 4.84. The Bertz CT molecular complexity index is 945. The number of Topliss-reactive ketones (excluding diaryl/α,β-unsaturated/α-hetero) is 2. The summed E-state index contributed by atoms with van der Waals surface area (Å²) in [6, 6.07) is 6.37. The molecule has 128 valence electrons. The summed E-state index contributed by atoms with van der Waals surface area (Å²) in [6.07, 6.45) is 1.31. The van der Waals surface area contributed by atoms with Crippen LogP contribution >= 0.6 is 11.8 Å². The zero-order valence-electron chi connectivity index (χ0n) is 13.5. The fourth-order valence-electron chi connectivity index (χ4n) is 2.32. The maximum atomic E-state index is 13.8. The second kappa shape index (κ2) is 7.06. The van der Waals surface area contributed by atoms with E-state index in [0.29, 0.717) is 21.8 Å². The Morgan fingerprint density at radius 3 is 2.60 bits per heavy atom. The van der Waals surface area contributed by atoms with E-state index in [2.05, 4.69) is 20.3 Å². The molecule has 0 N–H and O–H groups in total. The molecule has 0 amide bonds. The van der Waals surface area contributed by atoms with Crippen LogP contribution in [-0.2, 0) is 16.1 Å². The average molecular weight is 359 g/mol. The molecule has 0 saturated heterocycles. The van der Waals surface area contributed by atoms with Crippen molar-refractivity contribution in [1.82, 2.24) is 25.0 Å². The molecule has 0 saturated carbocycles. The SMILES string of the molecule is CC(=O)C(Sc1ncnc2c1nnn2Cc1ccccc1F)C(C)=O. The number of aromatic nitrogens is 5. The smallest absolute Gasteiger partial charge is 0.183 e. The fraction of sp³-hybridized carbons (Fsp3) is 0.250. The monoisotopic (exact) mass is 359 g/mol. The minimum Gasteiger partial charge on any atom is -0.298 e. The van der Waals surface area contributed by atoms with E-state index in [9.17, 15) is 14.0 Å². The summed E-state index contributed by atoms with van der Waals surface area (Å²) in [5, 5.41) is 7.58. The van der Waals surface area contributed by atoms with Crippen LogP contribution in [0.15, 0.2) is 35.6 Å². The summed E-state index contributed by atoms with van der Waals surface area (Å²) in [4.78, 5) is 31.5. The predicted octanol–water partition coefficient (Wildman–Crippen LogP) is 2.05. The van der Waals surface area contributed by atoms with Crippen LogP contribution in [-0.4, -0.2) is 41.8 Å². The molecule has 0 aliphatic heterocycles. The largest absolute Gasteiger partial charge is 0.298 e. The van der Waals surface area contributed by atoms with Crippen LogP contribution in [0.1, 0.15) is 19.4 Å². The van der Waals surface area contributed by atoms with Crippen LogP contribution in [0.25, 0.3) is 11.2 Å². The molecule has 7 nitrogen and oxygen atoms in total. The van der Waals surface area contributed by atoms with Gasteiger partial charge in [0, 0.05) is 5.56 Å². The van der Waals surface area contributed by atoms with E-state index in [4.69, 9.17) is 0 Å². The summed E-state index contributed by atoms with van der Waals surface area (Å²) >= 11 is 1.02. The number of halogens is 1. The Morgan fingerprint density at radius 1 is 1.20 bits per heavy atom. The maximum Gasteiger partial charge on any atom is 0.183 e. The van der Waals surface area contributed by atoms with Crippen molar-refractivity contribution < 1.29 is 14.0 Å². The second-order valence-corrected chi connectivity index (χ2v) is 6.50. The van der Waals surface area contributed by atoms with Crippen molar-refractivity contribution in [2.45, 2.75) is 30.7 Å². The van der Waals surface area contributed by atoms with Crippen molar-refractivity contribution in [2.75, 3.05) is 0 Å². The van der Waals surface area contributed by atoms with Gasteiger partial charge in [-0.05, 0) is 19.9 Å². The molecule has 0 aliphatic carbocycles. The van der Waals surface area contributed by atoms with Crippen LogP contribution in [0, 0.1) is 5.82 Å². The van der Waals surface area contributed by atoms with Gasteiger partial charge in [0.15, 0.2) is 22.7 Å². The second-order valence-electron chi connectivity index (χ2n) is 5.41. The molecule has 0 unspecified atom stereocenters. The van der Waals surface area contributed by atoms with Crippen LogP contribution in [0.3, 0.4) is 0 Å². The Balaban J connectivity index is 1.96. The van der Waals surface area contributed by atoms with Gasteiger partial charge in [-0.3, -0.25) is 9.59 Å². The van der Waals surface area contributed by atoms with E-state index in [1.807, 2.05) is 0 Å². The fourth-order valence-corrected chi connectivity index (χ4v) is 3.22. The summed E-state index contributed by atoms with van der Waals surface area (Å²) in [7, 11) is 0. The number of carbonyl (C=O) groups excluding carboxylic acids is 2. The number of rotatable bonds is 6. The first-order valence-corrected chi connectivity index (χ1v) is 8.30. The van der Waals surface area contributed by atoms with Crippen LogP contribution in [0.5, 0.6) is 0 Å². The van der Waals surface area contributed by atoms with Crippen molar-refractivity contribution in [2.24, 2.45) is 0 Å². The van der Waals surface area contributed by atoms with Crippen molar-refractivity contribution >= 4 is 34.5 Å². The van der Waals surface area contributed by atoms with Gasteiger partial charge < -0.3 is 0 Å². The molecule has 0 radical (unpaired) electrons. The van der Waals surface area contributed by atoms with Crippen LogP contribution in [0.2, 0.25) is 0 Å². The lowest BCUT2D eigenvalue weighted by atomic mass is 10.2. The van der Waals surface area contributed by atoms with E-state index in [1.165, 1.54) is 30.9 Å². The zero-order chi connectivity index (χ0) is 18.0. The van der Waals surface area contributed by atoms with Gasteiger partial charge in [0.2, 0.25) is 0 Å². The topological polar surface area (TPSA) is 90.6 Å². The normalized spacial score (nSPS) is 11.2. The molecule has 0 bridgehead atoms. The average Bonchev–Trinajstić information content (AvgIpc) is 2.98. The third-order valence-corrected chi connectivity index (χ3v) is 4.93. The zero-order valence-corrected chi connectivity index (χ0v) is 14.3. The van der Waals surface area contributed by atoms with Gasteiger partial charge in [-0.25, -0.2) is 19.0 Å². The van der Waals surface area contributed by atoms with E-state index in [1.54, 1.807) is 18.2 Å². The van der Waals surface area contributed by atoms with E-state index in [-0.39, 0.29) is 23.9 Å². The highest BCUT2D eigenvalue weighted by Crippen LogP contribution is 2.27. The number of benzene rings is 1. The number of fused-ring (bicyclic) bond motifs is 1. The lowest BCUT2D eigenvalue weighted by molar-refractivity contribution is -0.123. The third kappa shape index (κ3) is 3.55. The highest BCUT2D eigenvalue weighted by molar-refractivity contribution is 8.01. The van der Waals surface area contributed by atoms with Crippen molar-refractivity contribution in [3.8, 4) is 0 Å². The van der Waals surface area contributed by atoms with Gasteiger partial charge in [-0.2, -0.15) is 0 Å². The molecule has 3 aromatic rings. The molecular formula is C16H14FN5O2S. The summed E-state index contributed by atoms with van der Waals surface area (Å²) in [5.74, 6) is -0.867. The van der Waals surface area contributed by atoms with Gasteiger partial charge in [0.25, 0.3) is 0 Å². The lowest BCUT2D eigenvalue weighted by Crippen LogP contribution is -2.22. The third-order valence-electron chi connectivity index (χ3n) is 3.51. The van der Waals surface area contributed by atoms with Gasteiger partial charge in [0.1, 0.15) is 22.4 Å². The molecule has 0 aliphatic rings. The number of nitrogens with zero attached hydrogens (tertiary/aromatic N) is 5. The van der Waals surface area contributed by atoms with Crippen molar-refractivity contribution in [3.05, 3.63) is 42.0 Å². The number of carbonyl (C=O) groups is 2. The molecule has 0 spiro atoms. The molecule has 1 aromatic carbocycles. The van der Waals surface area contributed by atoms with Gasteiger partial charge >= 0.3 is 0 Å². The molecule has 0 atom stereocenters. The van der Waals surface area contributed by atoms with Gasteiger partial charge in [0.05, 0.1) is 6.54 Å². The molecule has 9 heteroatoms. The Hall–Kier alpha value is -2.68. The quantitative estimate of drug-likeness (QED) is 0.378. The number of hydrogen-bond acceptors (Lipinski definition) is 7. The first-order valence-electron chi connectivity index (χ1n) is 7.42. The molecular weight excluding hydrogens is 345 g/mol. The summed E-state index contributed by atoms with van der Waals surface area (Å²) in [5.41, 5.74) is 1.23. The minimum absolute atomic E-state index is 0.160. The Morgan fingerprint density at radius 2 is 1.92 bits per heavy atom. The lowest BCUT2D eigenvalue weighted by Gasteiger charge is -2.09. The molecule has 2 heterocycles. The van der Waals surface area contributed by atoms with E-state index >= 15 is 0 Å². The number of thioether (sulfide) groups is 1. The van der Waals surface area contributed by atoms with Crippen LogP contribution in [0.4, 0.5) is 4.39 Å². The molecule has 3 rings (SSSR count). The van der Waals surface area contributed by atoms with Crippen LogP contribution < -0.4 is 0 Å². The molecule has 0 fully saturated rings. The maximum absolute atomic E-state index is 13.8. The van der Waals surface area contributed by atoms with Gasteiger partial charge in [-0.1, -0.05) is 35.2 Å². The minimum atomic E-state index is -0.852. The van der Waals surface area contributed by atoms with E-state index < -0.39 is 5.25 Å². The molecule has 25 heavy (non-hydrogen) atoms. The van der Waals surface area contributed by atoms with E-state index in [0.717, 1.165) is 11.8 Å². The first kappa shape index (κ1) is 17.2. The summed E-state index contributed by atoms with van der Waals surface area (Å²) in [6.45, 7) is 2.87. The predicted molar refractivity (Wildman–Crippen MR) is 89.6 cm³/mol. The number of ketones is 2. The highest BCUT2D eigenvalue weighted by Gasteiger charge is 2.24. The highest BCUT2D eigenvalue weighted by atomic mass is 32.2.